The molecule has 1 N–H and O–H groups in total. The van der Waals surface area contributed by atoms with Crippen molar-refractivity contribution in [2.24, 2.45) is 0 Å². The second kappa shape index (κ2) is 5.96. The van der Waals surface area contributed by atoms with E-state index in [4.69, 9.17) is 0 Å². The van der Waals surface area contributed by atoms with Gasteiger partial charge in [-0.15, -0.1) is 0 Å². The second-order valence-corrected chi connectivity index (χ2v) is 5.18. The maximum absolute atomic E-state index is 12.0. The van der Waals surface area contributed by atoms with Gasteiger partial charge in [0.05, 0.1) is 5.37 Å². The summed E-state index contributed by atoms with van der Waals surface area (Å²) in [6, 6.07) is 7.67. The maximum Gasteiger partial charge on any atom is 0.253 e. The Morgan fingerprint density at radius 2 is 1.76 bits per heavy atom. The van der Waals surface area contributed by atoms with Crippen LogP contribution < -0.4 is 5.32 Å². The number of benzene rings is 1. The fourth-order valence-electron chi connectivity index (χ4n) is 1.39. The van der Waals surface area contributed by atoms with Gasteiger partial charge in [0, 0.05) is 24.3 Å². The van der Waals surface area contributed by atoms with E-state index < -0.39 is 0 Å². The molecule has 1 rings (SSSR count). The van der Waals surface area contributed by atoms with Crippen LogP contribution in [-0.2, 0) is 0 Å². The standard InChI is InChI=1S/C13H20N2OS/c1-9(2)15(4)13(16)11-5-7-12(8-6-11)14-10(3)17/h5-10,14,17H,1-4H3. The molecule has 1 atom stereocenters. The topological polar surface area (TPSA) is 32.3 Å². The highest BCUT2D eigenvalue weighted by Gasteiger charge is 2.13. The number of nitrogens with zero attached hydrogens (tertiary/aromatic N) is 1. The monoisotopic (exact) mass is 252 g/mol. The van der Waals surface area contributed by atoms with Crippen molar-refractivity contribution in [2.75, 3.05) is 12.4 Å². The van der Waals surface area contributed by atoms with Crippen molar-refractivity contribution in [3.8, 4) is 0 Å². The van der Waals surface area contributed by atoms with Gasteiger partial charge in [-0.25, -0.2) is 0 Å². The maximum atomic E-state index is 12.0. The molecule has 0 aliphatic carbocycles. The van der Waals surface area contributed by atoms with Crippen molar-refractivity contribution in [3.63, 3.8) is 0 Å². The first-order valence-corrected chi connectivity index (χ1v) is 6.25. The quantitative estimate of drug-likeness (QED) is 0.638. The first-order chi connectivity index (χ1) is 7.91. The van der Waals surface area contributed by atoms with Gasteiger partial charge in [-0.3, -0.25) is 4.79 Å². The highest BCUT2D eigenvalue weighted by Crippen LogP contribution is 2.13. The van der Waals surface area contributed by atoms with Gasteiger partial charge >= 0.3 is 0 Å². The van der Waals surface area contributed by atoms with Gasteiger partial charge < -0.3 is 10.2 Å². The lowest BCUT2D eigenvalue weighted by molar-refractivity contribution is 0.0755. The molecule has 4 heteroatoms. The van der Waals surface area contributed by atoms with Crippen molar-refractivity contribution in [1.29, 1.82) is 0 Å². The Morgan fingerprint density at radius 1 is 1.24 bits per heavy atom. The zero-order valence-corrected chi connectivity index (χ0v) is 11.7. The van der Waals surface area contributed by atoms with Crippen LogP contribution in [0.4, 0.5) is 5.69 Å². The zero-order chi connectivity index (χ0) is 13.0. The van der Waals surface area contributed by atoms with E-state index in [9.17, 15) is 4.79 Å². The lowest BCUT2D eigenvalue weighted by Gasteiger charge is -2.21. The average Bonchev–Trinajstić information content (AvgIpc) is 2.27. The van der Waals surface area contributed by atoms with Gasteiger partial charge in [0.25, 0.3) is 5.91 Å². The predicted octanol–water partition coefficient (Wildman–Crippen LogP) is 2.85. The molecule has 0 aliphatic heterocycles. The zero-order valence-electron chi connectivity index (χ0n) is 10.8. The van der Waals surface area contributed by atoms with Crippen LogP contribution in [-0.4, -0.2) is 29.3 Å². The highest BCUT2D eigenvalue weighted by molar-refractivity contribution is 7.81. The largest absolute Gasteiger partial charge is 0.374 e. The molecule has 0 saturated carbocycles. The number of carbonyl (C=O) groups excluding carboxylic acids is 1. The molecule has 0 bridgehead atoms. The normalized spacial score (nSPS) is 12.4. The van der Waals surface area contributed by atoms with Gasteiger partial charge in [-0.2, -0.15) is 12.6 Å². The van der Waals surface area contributed by atoms with Gasteiger partial charge in [-0.05, 0) is 45.0 Å². The van der Waals surface area contributed by atoms with Crippen molar-refractivity contribution < 1.29 is 4.79 Å². The van der Waals surface area contributed by atoms with Crippen LogP contribution in [0, 0.1) is 0 Å². The summed E-state index contributed by atoms with van der Waals surface area (Å²) in [5.74, 6) is 0.0467. The van der Waals surface area contributed by atoms with E-state index in [-0.39, 0.29) is 17.3 Å². The van der Waals surface area contributed by atoms with E-state index in [2.05, 4.69) is 17.9 Å². The number of anilines is 1. The SMILES string of the molecule is CC(S)Nc1ccc(C(=O)N(C)C(C)C)cc1. The molecule has 0 saturated heterocycles. The number of thiol groups is 1. The molecule has 1 aromatic rings. The predicted molar refractivity (Wildman–Crippen MR) is 75.7 cm³/mol. The molecule has 1 amide bonds. The Bertz CT molecular complexity index is 374. The minimum absolute atomic E-state index is 0.0467. The second-order valence-electron chi connectivity index (χ2n) is 4.41. The molecular weight excluding hydrogens is 232 g/mol. The van der Waals surface area contributed by atoms with E-state index in [0.717, 1.165) is 5.69 Å². The molecular formula is C13H20N2OS. The molecule has 0 aromatic heterocycles. The Kier molecular flexibility index (Phi) is 4.87. The minimum Gasteiger partial charge on any atom is -0.374 e. The first kappa shape index (κ1) is 13.9. The van der Waals surface area contributed by atoms with E-state index in [0.29, 0.717) is 5.56 Å². The van der Waals surface area contributed by atoms with Crippen LogP contribution in [0.1, 0.15) is 31.1 Å². The van der Waals surface area contributed by atoms with E-state index >= 15 is 0 Å². The highest BCUT2D eigenvalue weighted by atomic mass is 32.1. The summed E-state index contributed by atoms with van der Waals surface area (Å²) in [5.41, 5.74) is 1.68. The fourth-order valence-corrected chi connectivity index (χ4v) is 1.54. The van der Waals surface area contributed by atoms with Gasteiger partial charge in [0.1, 0.15) is 0 Å². The van der Waals surface area contributed by atoms with E-state index in [1.165, 1.54) is 0 Å². The Balaban J connectivity index is 2.77. The summed E-state index contributed by atoms with van der Waals surface area (Å²) < 4.78 is 0. The van der Waals surface area contributed by atoms with Crippen LogP contribution in [0.3, 0.4) is 0 Å². The number of hydrogen-bond acceptors (Lipinski definition) is 3. The van der Waals surface area contributed by atoms with Gasteiger partial charge in [0.15, 0.2) is 0 Å². The first-order valence-electron chi connectivity index (χ1n) is 5.73. The van der Waals surface area contributed by atoms with Crippen molar-refractivity contribution >= 4 is 24.2 Å². The van der Waals surface area contributed by atoms with Crippen molar-refractivity contribution in [2.45, 2.75) is 32.2 Å². The van der Waals surface area contributed by atoms with Crippen LogP contribution in [0.5, 0.6) is 0 Å². The molecule has 0 spiro atoms. The van der Waals surface area contributed by atoms with Gasteiger partial charge in [0.2, 0.25) is 0 Å². The molecule has 0 heterocycles. The average molecular weight is 252 g/mol. The summed E-state index contributed by atoms with van der Waals surface area (Å²) in [5, 5.41) is 3.25. The molecule has 17 heavy (non-hydrogen) atoms. The molecule has 94 valence electrons. The Hall–Kier alpha value is -1.16. The number of carbonyl (C=O) groups is 1. The number of nitrogens with one attached hydrogen (secondary N) is 1. The smallest absolute Gasteiger partial charge is 0.253 e. The van der Waals surface area contributed by atoms with Crippen molar-refractivity contribution in [3.05, 3.63) is 29.8 Å². The third-order valence-electron chi connectivity index (χ3n) is 2.60. The lowest BCUT2D eigenvalue weighted by atomic mass is 10.1. The summed E-state index contributed by atoms with van der Waals surface area (Å²) in [7, 11) is 1.81. The lowest BCUT2D eigenvalue weighted by Crippen LogP contribution is -2.32. The summed E-state index contributed by atoms with van der Waals surface area (Å²) >= 11 is 4.25. The van der Waals surface area contributed by atoms with Crippen LogP contribution >= 0.6 is 12.6 Å². The molecule has 0 aliphatic rings. The minimum atomic E-state index is 0.0467. The Morgan fingerprint density at radius 3 is 2.18 bits per heavy atom. The molecule has 3 nitrogen and oxygen atoms in total. The fraction of sp³-hybridized carbons (Fsp3) is 0.462. The van der Waals surface area contributed by atoms with Gasteiger partial charge in [-0.1, -0.05) is 0 Å². The summed E-state index contributed by atoms with van der Waals surface area (Å²) in [6.45, 7) is 5.95. The van der Waals surface area contributed by atoms with Crippen LogP contribution in [0.2, 0.25) is 0 Å². The molecule has 1 aromatic carbocycles. The third-order valence-corrected chi connectivity index (χ3v) is 2.73. The number of rotatable bonds is 4. The van der Waals surface area contributed by atoms with Crippen LogP contribution in [0.15, 0.2) is 24.3 Å². The van der Waals surface area contributed by atoms with Crippen LogP contribution in [0.25, 0.3) is 0 Å². The Labute approximate surface area is 109 Å². The molecule has 0 fully saturated rings. The summed E-state index contributed by atoms with van der Waals surface area (Å²) in [6.07, 6.45) is 0. The van der Waals surface area contributed by atoms with E-state index in [1.807, 2.05) is 52.1 Å². The van der Waals surface area contributed by atoms with Crippen molar-refractivity contribution in [1.82, 2.24) is 4.90 Å². The van der Waals surface area contributed by atoms with E-state index in [1.54, 1.807) is 4.90 Å². The number of amides is 1. The molecule has 0 radical (unpaired) electrons. The third kappa shape index (κ3) is 3.97. The molecule has 1 unspecified atom stereocenters. The summed E-state index contributed by atoms with van der Waals surface area (Å²) in [4.78, 5) is 13.7. The number of hydrogen-bond donors (Lipinski definition) is 2.